The third-order valence-corrected chi connectivity index (χ3v) is 3.21. The smallest absolute Gasteiger partial charge is 0.252 e. The Kier molecular flexibility index (Phi) is 6.93. The Hall–Kier alpha value is -1.83. The van der Waals surface area contributed by atoms with Crippen molar-refractivity contribution in [3.63, 3.8) is 0 Å². The fourth-order valence-corrected chi connectivity index (χ4v) is 1.93. The summed E-state index contributed by atoms with van der Waals surface area (Å²) < 4.78 is 5.16. The van der Waals surface area contributed by atoms with Gasteiger partial charge in [0.15, 0.2) is 0 Å². The SMILES string of the molecule is COCC(NC(=O)c1ccc(C)cc1C#CCN)C(C)C. The van der Waals surface area contributed by atoms with Crippen LogP contribution in [0.1, 0.15) is 35.3 Å². The molecule has 1 rings (SSSR count). The lowest BCUT2D eigenvalue weighted by atomic mass is 10.0. The van der Waals surface area contributed by atoms with Gasteiger partial charge in [0.25, 0.3) is 5.91 Å². The van der Waals surface area contributed by atoms with Crippen LogP contribution in [0.4, 0.5) is 0 Å². The number of carbonyl (C=O) groups is 1. The molecule has 0 radical (unpaired) electrons. The molecule has 3 N–H and O–H groups in total. The van der Waals surface area contributed by atoms with Crippen molar-refractivity contribution in [3.8, 4) is 11.8 Å². The van der Waals surface area contributed by atoms with Crippen LogP contribution < -0.4 is 11.1 Å². The van der Waals surface area contributed by atoms with E-state index >= 15 is 0 Å². The number of carbonyl (C=O) groups excluding carboxylic acids is 1. The van der Waals surface area contributed by atoms with Gasteiger partial charge >= 0.3 is 0 Å². The quantitative estimate of drug-likeness (QED) is 0.811. The van der Waals surface area contributed by atoms with Crippen molar-refractivity contribution in [2.24, 2.45) is 11.7 Å². The number of hydrogen-bond donors (Lipinski definition) is 2. The van der Waals surface area contributed by atoms with Crippen LogP contribution in [-0.2, 0) is 4.74 Å². The summed E-state index contributed by atoms with van der Waals surface area (Å²) in [6, 6.07) is 5.58. The minimum atomic E-state index is -0.132. The van der Waals surface area contributed by atoms with E-state index in [-0.39, 0.29) is 24.4 Å². The Balaban J connectivity index is 3.01. The number of nitrogens with two attached hydrogens (primary N) is 1. The Morgan fingerprint density at radius 1 is 1.43 bits per heavy atom. The zero-order valence-corrected chi connectivity index (χ0v) is 13.2. The number of nitrogens with one attached hydrogen (secondary N) is 1. The van der Waals surface area contributed by atoms with Crippen LogP contribution in [0.2, 0.25) is 0 Å². The summed E-state index contributed by atoms with van der Waals surface area (Å²) in [7, 11) is 1.63. The van der Waals surface area contributed by atoms with Crippen molar-refractivity contribution in [1.82, 2.24) is 5.32 Å². The molecule has 0 saturated heterocycles. The maximum absolute atomic E-state index is 12.5. The molecular weight excluding hydrogens is 264 g/mol. The minimum absolute atomic E-state index is 0.0286. The highest BCUT2D eigenvalue weighted by molar-refractivity contribution is 5.97. The molecule has 1 amide bonds. The molecule has 0 bridgehead atoms. The molecule has 0 saturated carbocycles. The molecular formula is C17H24N2O2. The Morgan fingerprint density at radius 2 is 2.14 bits per heavy atom. The number of aryl methyl sites for hydroxylation is 1. The Labute approximate surface area is 127 Å². The summed E-state index contributed by atoms with van der Waals surface area (Å²) >= 11 is 0. The van der Waals surface area contributed by atoms with Gasteiger partial charge in [0.2, 0.25) is 0 Å². The number of hydrogen-bond acceptors (Lipinski definition) is 3. The van der Waals surface area contributed by atoms with Gasteiger partial charge in [-0.05, 0) is 30.5 Å². The normalized spacial score (nSPS) is 11.7. The molecule has 21 heavy (non-hydrogen) atoms. The second-order valence-electron chi connectivity index (χ2n) is 5.33. The van der Waals surface area contributed by atoms with Gasteiger partial charge in [-0.15, -0.1) is 0 Å². The van der Waals surface area contributed by atoms with E-state index in [1.807, 2.05) is 32.9 Å². The lowest BCUT2D eigenvalue weighted by molar-refractivity contribution is 0.0866. The molecule has 1 aromatic carbocycles. The first-order valence-corrected chi connectivity index (χ1v) is 7.09. The van der Waals surface area contributed by atoms with E-state index in [4.69, 9.17) is 10.5 Å². The van der Waals surface area contributed by atoms with Crippen LogP contribution in [-0.4, -0.2) is 32.2 Å². The van der Waals surface area contributed by atoms with E-state index in [1.54, 1.807) is 13.2 Å². The predicted molar refractivity (Wildman–Crippen MR) is 85.1 cm³/mol. The van der Waals surface area contributed by atoms with Crippen molar-refractivity contribution in [2.45, 2.75) is 26.8 Å². The number of amides is 1. The maximum atomic E-state index is 12.5. The van der Waals surface area contributed by atoms with Crippen molar-refractivity contribution in [2.75, 3.05) is 20.3 Å². The van der Waals surface area contributed by atoms with Gasteiger partial charge < -0.3 is 15.8 Å². The summed E-state index contributed by atoms with van der Waals surface area (Å²) in [5, 5.41) is 3.01. The molecule has 0 aromatic heterocycles. The summed E-state index contributed by atoms with van der Waals surface area (Å²) in [5.41, 5.74) is 7.75. The largest absolute Gasteiger partial charge is 0.383 e. The first-order valence-electron chi connectivity index (χ1n) is 7.09. The number of methoxy groups -OCH3 is 1. The molecule has 1 atom stereocenters. The van der Waals surface area contributed by atoms with E-state index in [9.17, 15) is 4.79 Å². The number of rotatable bonds is 5. The monoisotopic (exact) mass is 288 g/mol. The van der Waals surface area contributed by atoms with Crippen LogP contribution in [0.3, 0.4) is 0 Å². The molecule has 4 nitrogen and oxygen atoms in total. The first kappa shape index (κ1) is 17.2. The molecule has 4 heteroatoms. The number of benzene rings is 1. The molecule has 114 valence electrons. The van der Waals surface area contributed by atoms with Gasteiger partial charge in [0, 0.05) is 12.7 Å². The molecule has 0 aliphatic heterocycles. The Morgan fingerprint density at radius 3 is 2.71 bits per heavy atom. The molecule has 0 aliphatic rings. The third kappa shape index (κ3) is 5.22. The fourth-order valence-electron chi connectivity index (χ4n) is 1.93. The summed E-state index contributed by atoms with van der Waals surface area (Å²) in [6.07, 6.45) is 0. The van der Waals surface area contributed by atoms with E-state index in [1.165, 1.54) is 0 Å². The molecule has 1 unspecified atom stereocenters. The minimum Gasteiger partial charge on any atom is -0.383 e. The maximum Gasteiger partial charge on any atom is 0.252 e. The van der Waals surface area contributed by atoms with Gasteiger partial charge in [-0.2, -0.15) is 0 Å². The molecule has 0 fully saturated rings. The van der Waals surface area contributed by atoms with Crippen molar-refractivity contribution in [3.05, 3.63) is 34.9 Å². The van der Waals surface area contributed by atoms with E-state index < -0.39 is 0 Å². The molecule has 0 aliphatic carbocycles. The summed E-state index contributed by atoms with van der Waals surface area (Å²) in [6.45, 7) is 6.83. The van der Waals surface area contributed by atoms with Crippen LogP contribution in [0.25, 0.3) is 0 Å². The highest BCUT2D eigenvalue weighted by Crippen LogP contribution is 2.12. The van der Waals surface area contributed by atoms with Crippen molar-refractivity contribution < 1.29 is 9.53 Å². The van der Waals surface area contributed by atoms with Gasteiger partial charge in [-0.3, -0.25) is 4.79 Å². The summed E-state index contributed by atoms with van der Waals surface area (Å²) in [4.78, 5) is 12.5. The molecule has 1 aromatic rings. The molecule has 0 spiro atoms. The van der Waals surface area contributed by atoms with E-state index in [0.717, 1.165) is 5.56 Å². The highest BCUT2D eigenvalue weighted by Gasteiger charge is 2.18. The summed E-state index contributed by atoms with van der Waals surface area (Å²) in [5.74, 6) is 5.92. The number of ether oxygens (including phenoxy) is 1. The van der Waals surface area contributed by atoms with Crippen LogP contribution in [0, 0.1) is 24.7 Å². The van der Waals surface area contributed by atoms with Gasteiger partial charge in [-0.1, -0.05) is 31.8 Å². The van der Waals surface area contributed by atoms with Crippen molar-refractivity contribution >= 4 is 5.91 Å². The second kappa shape index (κ2) is 8.46. The molecule has 0 heterocycles. The zero-order valence-electron chi connectivity index (χ0n) is 13.2. The van der Waals surface area contributed by atoms with E-state index in [2.05, 4.69) is 17.2 Å². The standard InChI is InChI=1S/C17H24N2O2/c1-12(2)16(11-21-4)19-17(20)15-8-7-13(3)10-14(15)6-5-9-18/h7-8,10,12,16H,9,11,18H2,1-4H3,(H,19,20). The van der Waals surface area contributed by atoms with Crippen molar-refractivity contribution in [1.29, 1.82) is 0 Å². The first-order chi connectivity index (χ1) is 9.99. The average Bonchev–Trinajstić information content (AvgIpc) is 2.44. The van der Waals surface area contributed by atoms with E-state index in [0.29, 0.717) is 17.7 Å². The topological polar surface area (TPSA) is 64.3 Å². The van der Waals surface area contributed by atoms with Gasteiger partial charge in [0.05, 0.1) is 24.8 Å². The fraction of sp³-hybridized carbons (Fsp3) is 0.471. The average molecular weight is 288 g/mol. The van der Waals surface area contributed by atoms with Gasteiger partial charge in [-0.25, -0.2) is 0 Å². The van der Waals surface area contributed by atoms with Crippen LogP contribution >= 0.6 is 0 Å². The lowest BCUT2D eigenvalue weighted by Crippen LogP contribution is -2.41. The van der Waals surface area contributed by atoms with Crippen LogP contribution in [0.15, 0.2) is 18.2 Å². The van der Waals surface area contributed by atoms with Crippen LogP contribution in [0.5, 0.6) is 0 Å². The second-order valence-corrected chi connectivity index (χ2v) is 5.33. The predicted octanol–water partition coefficient (Wildman–Crippen LogP) is 1.71. The third-order valence-electron chi connectivity index (χ3n) is 3.21. The van der Waals surface area contributed by atoms with Gasteiger partial charge in [0.1, 0.15) is 0 Å². The zero-order chi connectivity index (χ0) is 15.8. The highest BCUT2D eigenvalue weighted by atomic mass is 16.5. The Bertz CT molecular complexity index is 541. The lowest BCUT2D eigenvalue weighted by Gasteiger charge is -2.22.